The Hall–Kier alpha value is -4.44. The van der Waals surface area contributed by atoms with Crippen LogP contribution in [0.5, 0.6) is 5.75 Å². The van der Waals surface area contributed by atoms with Crippen LogP contribution in [0.2, 0.25) is 0 Å². The first kappa shape index (κ1) is 30.0. The van der Waals surface area contributed by atoms with E-state index in [1.807, 2.05) is 54.6 Å². The molecule has 5 aromatic rings. The van der Waals surface area contributed by atoms with Crippen LogP contribution in [0.3, 0.4) is 0 Å². The molecule has 2 N–H and O–H groups in total. The molecule has 4 nitrogen and oxygen atoms in total. The smallest absolute Gasteiger partial charge is 0.119 e. The molecule has 0 bridgehead atoms. The van der Waals surface area contributed by atoms with Gasteiger partial charge in [-0.05, 0) is 71.3 Å². The summed E-state index contributed by atoms with van der Waals surface area (Å²) in [4.78, 5) is 0. The van der Waals surface area contributed by atoms with Crippen LogP contribution in [0.4, 0.5) is 17.1 Å². The maximum Gasteiger partial charge on any atom is 0.119 e. The van der Waals surface area contributed by atoms with Crippen LogP contribution < -0.4 is 10.5 Å². The Labute approximate surface area is 256 Å². The van der Waals surface area contributed by atoms with Crippen molar-refractivity contribution < 1.29 is 4.74 Å². The monoisotopic (exact) mass is 569 g/mol. The summed E-state index contributed by atoms with van der Waals surface area (Å²) in [6, 6.07) is 37.0. The van der Waals surface area contributed by atoms with E-state index in [9.17, 15) is 0 Å². The molecule has 0 heterocycles. The maximum atomic E-state index is 6.79. The lowest BCUT2D eigenvalue weighted by Gasteiger charge is -2.16. The Balaban J connectivity index is 1.30. The summed E-state index contributed by atoms with van der Waals surface area (Å²) in [6.07, 6.45) is 11.1. The fraction of sp³-hybridized carbons (Fsp3) is 0.282. The molecule has 5 rings (SSSR count). The highest BCUT2D eigenvalue weighted by molar-refractivity contribution is 6.05. The third kappa shape index (κ3) is 8.32. The molecule has 4 heteroatoms. The average Bonchev–Trinajstić information content (AvgIpc) is 3.06. The van der Waals surface area contributed by atoms with E-state index in [4.69, 9.17) is 10.5 Å². The number of ether oxygens (including phenoxy) is 1. The summed E-state index contributed by atoms with van der Waals surface area (Å²) < 4.78 is 6.04. The predicted octanol–water partition coefficient (Wildman–Crippen LogP) is 11.6. The van der Waals surface area contributed by atoms with Gasteiger partial charge in [-0.2, -0.15) is 5.11 Å². The van der Waals surface area contributed by atoms with Gasteiger partial charge < -0.3 is 10.5 Å². The van der Waals surface area contributed by atoms with Gasteiger partial charge in [-0.1, -0.05) is 125 Å². The molecule has 0 atom stereocenters. The second-order valence-electron chi connectivity index (χ2n) is 11.2. The number of anilines is 1. The third-order valence-electron chi connectivity index (χ3n) is 7.98. The molecule has 0 radical (unpaired) electrons. The minimum Gasteiger partial charge on any atom is -0.494 e. The van der Waals surface area contributed by atoms with Crippen molar-refractivity contribution in [3.8, 4) is 16.9 Å². The molecule has 0 aromatic heterocycles. The third-order valence-corrected chi connectivity index (χ3v) is 7.98. The minimum absolute atomic E-state index is 0.732. The van der Waals surface area contributed by atoms with Crippen LogP contribution in [-0.4, -0.2) is 6.61 Å². The number of nitrogens with two attached hydrogens (primary N) is 1. The summed E-state index contributed by atoms with van der Waals surface area (Å²) >= 11 is 0. The molecule has 0 saturated carbocycles. The molecule has 0 saturated heterocycles. The van der Waals surface area contributed by atoms with Gasteiger partial charge in [-0.25, -0.2) is 0 Å². The zero-order valence-corrected chi connectivity index (χ0v) is 25.3. The highest BCUT2D eigenvalue weighted by atomic mass is 16.5. The van der Waals surface area contributed by atoms with Gasteiger partial charge in [0.2, 0.25) is 0 Å². The van der Waals surface area contributed by atoms with Gasteiger partial charge in [-0.15, -0.1) is 5.11 Å². The predicted molar refractivity (Wildman–Crippen MR) is 182 cm³/mol. The number of fused-ring (bicyclic) bond motifs is 1. The average molecular weight is 570 g/mol. The first-order valence-corrected chi connectivity index (χ1v) is 15.8. The second-order valence-corrected chi connectivity index (χ2v) is 11.2. The Morgan fingerprint density at radius 2 is 1.26 bits per heavy atom. The largest absolute Gasteiger partial charge is 0.494 e. The topological polar surface area (TPSA) is 60.0 Å². The summed E-state index contributed by atoms with van der Waals surface area (Å²) in [6.45, 7) is 3.04. The highest BCUT2D eigenvalue weighted by Gasteiger charge is 2.14. The number of hydrogen-bond acceptors (Lipinski definition) is 4. The van der Waals surface area contributed by atoms with Crippen LogP contribution in [0.1, 0.15) is 69.4 Å². The molecule has 0 aliphatic carbocycles. The van der Waals surface area contributed by atoms with Crippen LogP contribution in [0, 0.1) is 0 Å². The Bertz CT molecular complexity index is 1610. The van der Waals surface area contributed by atoms with Crippen molar-refractivity contribution in [2.24, 2.45) is 10.2 Å². The van der Waals surface area contributed by atoms with Gasteiger partial charge in [0.25, 0.3) is 0 Å². The first-order valence-electron chi connectivity index (χ1n) is 15.8. The lowest BCUT2D eigenvalue weighted by molar-refractivity contribution is 0.304. The zero-order chi connectivity index (χ0) is 29.7. The molecular weight excluding hydrogens is 526 g/mol. The summed E-state index contributed by atoms with van der Waals surface area (Å²) in [7, 11) is 0. The Morgan fingerprint density at radius 3 is 2.02 bits per heavy atom. The normalized spacial score (nSPS) is 11.4. The van der Waals surface area contributed by atoms with Crippen LogP contribution in [0.15, 0.2) is 119 Å². The maximum absolute atomic E-state index is 6.79. The summed E-state index contributed by atoms with van der Waals surface area (Å²) in [5, 5.41) is 11.3. The quantitative estimate of drug-likeness (QED) is 0.0774. The van der Waals surface area contributed by atoms with E-state index < -0.39 is 0 Å². The highest BCUT2D eigenvalue weighted by Crippen LogP contribution is 2.40. The molecule has 43 heavy (non-hydrogen) atoms. The van der Waals surface area contributed by atoms with E-state index in [0.717, 1.165) is 69.7 Å². The van der Waals surface area contributed by atoms with E-state index >= 15 is 0 Å². The SMILES string of the molecule is CCCCCCCCCCOc1ccc(Cc2cc(-c3ccccc3N=Nc3ccccc3)c3ccccc3c2N)cc1. The number of rotatable bonds is 15. The van der Waals surface area contributed by atoms with Crippen LogP contribution in [-0.2, 0) is 6.42 Å². The van der Waals surface area contributed by atoms with Crippen molar-refractivity contribution >= 4 is 27.8 Å². The molecule has 0 aliphatic heterocycles. The first-order chi connectivity index (χ1) is 21.2. The van der Waals surface area contributed by atoms with Gasteiger partial charge in [0.15, 0.2) is 0 Å². The van der Waals surface area contributed by atoms with Crippen molar-refractivity contribution in [1.29, 1.82) is 0 Å². The van der Waals surface area contributed by atoms with E-state index in [0.29, 0.717) is 0 Å². The van der Waals surface area contributed by atoms with Gasteiger partial charge >= 0.3 is 0 Å². The van der Waals surface area contributed by atoms with Crippen molar-refractivity contribution in [2.75, 3.05) is 12.3 Å². The van der Waals surface area contributed by atoms with Gasteiger partial charge in [0, 0.05) is 16.6 Å². The van der Waals surface area contributed by atoms with Crippen molar-refractivity contribution in [2.45, 2.75) is 64.7 Å². The lowest BCUT2D eigenvalue weighted by Crippen LogP contribution is -2.00. The fourth-order valence-electron chi connectivity index (χ4n) is 5.57. The molecule has 0 unspecified atom stereocenters. The summed E-state index contributed by atoms with van der Waals surface area (Å²) in [5.41, 5.74) is 13.7. The number of nitrogens with zero attached hydrogens (tertiary/aromatic N) is 2. The standard InChI is InChI=1S/C39H43N3O/c1-2-3-4-5-6-7-8-16-27-43-33-25-23-30(24-26-33)28-31-29-37(34-19-12-13-21-36(34)39(31)40)35-20-14-15-22-38(35)42-41-32-17-10-9-11-18-32/h9-15,17-26,29H,2-8,16,27-28,40H2,1H3. The number of hydrogen-bond donors (Lipinski definition) is 1. The van der Waals surface area contributed by atoms with Crippen LogP contribution >= 0.6 is 0 Å². The van der Waals surface area contributed by atoms with Gasteiger partial charge in [0.1, 0.15) is 5.75 Å². The Morgan fingerprint density at radius 1 is 0.605 bits per heavy atom. The van der Waals surface area contributed by atoms with E-state index in [1.54, 1.807) is 0 Å². The molecular formula is C39H43N3O. The molecule has 220 valence electrons. The number of unbranched alkanes of at least 4 members (excludes halogenated alkanes) is 7. The van der Waals surface area contributed by atoms with E-state index in [1.165, 1.54) is 50.5 Å². The molecule has 0 spiro atoms. The van der Waals surface area contributed by atoms with Crippen molar-refractivity contribution in [3.05, 3.63) is 120 Å². The molecule has 5 aromatic carbocycles. The Kier molecular flexibility index (Phi) is 11.0. The molecule has 0 amide bonds. The van der Waals surface area contributed by atoms with Gasteiger partial charge in [0.05, 0.1) is 18.0 Å². The van der Waals surface area contributed by atoms with E-state index in [-0.39, 0.29) is 0 Å². The van der Waals surface area contributed by atoms with E-state index in [2.05, 4.69) is 71.7 Å². The zero-order valence-electron chi connectivity index (χ0n) is 25.3. The number of benzene rings is 5. The number of nitrogen functional groups attached to an aromatic ring is 1. The fourth-order valence-corrected chi connectivity index (χ4v) is 5.57. The minimum atomic E-state index is 0.732. The molecule has 0 fully saturated rings. The summed E-state index contributed by atoms with van der Waals surface area (Å²) in [5.74, 6) is 0.927. The second kappa shape index (κ2) is 15.7. The van der Waals surface area contributed by atoms with Crippen LogP contribution in [0.25, 0.3) is 21.9 Å². The van der Waals surface area contributed by atoms with Crippen molar-refractivity contribution in [1.82, 2.24) is 0 Å². The lowest BCUT2D eigenvalue weighted by atomic mass is 9.91. The molecule has 0 aliphatic rings. The number of azo groups is 1. The van der Waals surface area contributed by atoms with Crippen molar-refractivity contribution in [3.63, 3.8) is 0 Å². The van der Waals surface area contributed by atoms with Gasteiger partial charge in [-0.3, -0.25) is 0 Å².